The number of nitrogens with zero attached hydrogens (tertiary/aromatic N) is 1. The van der Waals surface area contributed by atoms with E-state index in [1.165, 1.54) is 6.26 Å². The summed E-state index contributed by atoms with van der Waals surface area (Å²) in [5.74, 6) is -0.148. The highest BCUT2D eigenvalue weighted by molar-refractivity contribution is 7.90. The average molecular weight is 460 g/mol. The quantitative estimate of drug-likeness (QED) is 0.480. The largest absolute Gasteiger partial charge is 0.466 e. The molecule has 1 aliphatic carbocycles. The molecule has 0 spiro atoms. The maximum atomic E-state index is 12.3. The molecule has 1 atom stereocenters. The second-order valence-corrected chi connectivity index (χ2v) is 10.6. The van der Waals surface area contributed by atoms with Crippen LogP contribution < -0.4 is 0 Å². The molecule has 0 radical (unpaired) electrons. The number of sulfone groups is 1. The van der Waals surface area contributed by atoms with Crippen molar-refractivity contribution in [3.05, 3.63) is 64.3 Å². The molecule has 0 N–H and O–H groups in total. The Bertz CT molecular complexity index is 1230. The van der Waals surface area contributed by atoms with E-state index in [0.717, 1.165) is 47.0 Å². The van der Waals surface area contributed by atoms with Crippen LogP contribution in [0.25, 0.3) is 10.9 Å². The second-order valence-electron chi connectivity index (χ2n) is 8.13. The number of rotatable bonds is 6. The van der Waals surface area contributed by atoms with Crippen molar-refractivity contribution in [1.82, 2.24) is 4.57 Å². The number of hydrogen-bond donors (Lipinski definition) is 0. The van der Waals surface area contributed by atoms with E-state index in [-0.39, 0.29) is 11.9 Å². The minimum absolute atomic E-state index is 0.0455. The lowest BCUT2D eigenvalue weighted by Crippen LogP contribution is -2.19. The predicted octanol–water partition coefficient (Wildman–Crippen LogP) is 5.12. The maximum Gasteiger partial charge on any atom is 0.306 e. The fraction of sp³-hybridized carbons (Fsp3) is 0.375. The zero-order valence-corrected chi connectivity index (χ0v) is 19.3. The minimum Gasteiger partial charge on any atom is -0.466 e. The van der Waals surface area contributed by atoms with Crippen molar-refractivity contribution in [2.75, 3.05) is 12.9 Å². The number of esters is 1. The predicted molar refractivity (Wildman–Crippen MR) is 123 cm³/mol. The van der Waals surface area contributed by atoms with Crippen molar-refractivity contribution in [1.29, 1.82) is 0 Å². The summed E-state index contributed by atoms with van der Waals surface area (Å²) in [6.45, 7) is 2.80. The van der Waals surface area contributed by atoms with Gasteiger partial charge in [0, 0.05) is 40.3 Å². The van der Waals surface area contributed by atoms with Gasteiger partial charge in [-0.1, -0.05) is 23.7 Å². The van der Waals surface area contributed by atoms with Crippen LogP contribution in [0.15, 0.2) is 47.4 Å². The number of aryl methyl sites for hydroxylation is 1. The molecule has 1 heterocycles. The Labute approximate surface area is 187 Å². The van der Waals surface area contributed by atoms with Gasteiger partial charge in [0.05, 0.1) is 17.9 Å². The molecular formula is C24H26ClNO4S. The highest BCUT2D eigenvalue weighted by Crippen LogP contribution is 2.41. The van der Waals surface area contributed by atoms with Crippen molar-refractivity contribution < 1.29 is 17.9 Å². The number of benzene rings is 2. The van der Waals surface area contributed by atoms with Crippen LogP contribution >= 0.6 is 11.6 Å². The van der Waals surface area contributed by atoms with Gasteiger partial charge < -0.3 is 9.30 Å². The van der Waals surface area contributed by atoms with E-state index in [0.29, 0.717) is 29.5 Å². The lowest BCUT2D eigenvalue weighted by Gasteiger charge is -2.25. The van der Waals surface area contributed by atoms with Crippen LogP contribution in [-0.4, -0.2) is 31.8 Å². The smallest absolute Gasteiger partial charge is 0.306 e. The van der Waals surface area contributed by atoms with Gasteiger partial charge in [0.1, 0.15) is 0 Å². The van der Waals surface area contributed by atoms with Crippen LogP contribution in [0.4, 0.5) is 0 Å². The lowest BCUT2D eigenvalue weighted by molar-refractivity contribution is -0.143. The molecule has 3 aromatic rings. The molecule has 1 aromatic heterocycles. The zero-order valence-electron chi connectivity index (χ0n) is 17.7. The third kappa shape index (κ3) is 4.51. The summed E-state index contributed by atoms with van der Waals surface area (Å²) in [6, 6.07) is 13.1. The molecular weight excluding hydrogens is 434 g/mol. The summed E-state index contributed by atoms with van der Waals surface area (Å²) in [7, 11) is -3.31. The summed E-state index contributed by atoms with van der Waals surface area (Å²) in [6.07, 6.45) is 4.29. The molecule has 0 fully saturated rings. The summed E-state index contributed by atoms with van der Waals surface area (Å²) in [4.78, 5) is 12.6. The third-order valence-electron chi connectivity index (χ3n) is 5.95. The molecule has 1 aliphatic rings. The zero-order chi connectivity index (χ0) is 22.2. The van der Waals surface area contributed by atoms with Gasteiger partial charge in [-0.25, -0.2) is 8.42 Å². The third-order valence-corrected chi connectivity index (χ3v) is 7.31. The van der Waals surface area contributed by atoms with Crippen LogP contribution in [0.5, 0.6) is 0 Å². The van der Waals surface area contributed by atoms with Crippen LogP contribution in [0.2, 0.25) is 5.02 Å². The molecule has 0 saturated heterocycles. The summed E-state index contributed by atoms with van der Waals surface area (Å²) >= 11 is 6.06. The molecule has 5 nitrogen and oxygen atoms in total. The van der Waals surface area contributed by atoms with Crippen LogP contribution in [0.3, 0.4) is 0 Å². The van der Waals surface area contributed by atoms with E-state index >= 15 is 0 Å². The van der Waals surface area contributed by atoms with E-state index in [4.69, 9.17) is 16.3 Å². The molecule has 0 amide bonds. The van der Waals surface area contributed by atoms with Crippen molar-refractivity contribution in [3.63, 3.8) is 0 Å². The first-order chi connectivity index (χ1) is 14.8. The van der Waals surface area contributed by atoms with Gasteiger partial charge in [0.25, 0.3) is 0 Å². The van der Waals surface area contributed by atoms with Gasteiger partial charge in [0.2, 0.25) is 0 Å². The summed E-state index contributed by atoms with van der Waals surface area (Å²) in [5.41, 5.74) is 4.35. The molecule has 0 saturated carbocycles. The van der Waals surface area contributed by atoms with E-state index in [1.807, 2.05) is 37.3 Å². The summed E-state index contributed by atoms with van der Waals surface area (Å²) in [5, 5.41) is 1.64. The molecule has 7 heteroatoms. The Hall–Kier alpha value is -2.31. The van der Waals surface area contributed by atoms with E-state index in [9.17, 15) is 13.2 Å². The second kappa shape index (κ2) is 8.67. The first kappa shape index (κ1) is 21.9. The SMILES string of the molecule is CCOC(=O)CC1CCCc2c1n(Cc1ccc(Cl)cc1)c1ccc(S(C)(=O)=O)cc21. The Morgan fingerprint density at radius 3 is 2.61 bits per heavy atom. The first-order valence-corrected chi connectivity index (χ1v) is 12.8. The first-order valence-electron chi connectivity index (χ1n) is 10.5. The van der Waals surface area contributed by atoms with Crippen LogP contribution in [0, 0.1) is 0 Å². The topological polar surface area (TPSA) is 65.4 Å². The van der Waals surface area contributed by atoms with Gasteiger partial charge in [-0.15, -0.1) is 0 Å². The van der Waals surface area contributed by atoms with E-state index in [2.05, 4.69) is 4.57 Å². The van der Waals surface area contributed by atoms with Crippen LogP contribution in [0.1, 0.15) is 48.9 Å². The van der Waals surface area contributed by atoms with Gasteiger partial charge in [-0.05, 0) is 67.6 Å². The number of fused-ring (bicyclic) bond motifs is 3. The number of ether oxygens (including phenoxy) is 1. The van der Waals surface area contributed by atoms with E-state index in [1.54, 1.807) is 12.1 Å². The number of carbonyl (C=O) groups excluding carboxylic acids is 1. The average Bonchev–Trinajstić information content (AvgIpc) is 3.03. The molecule has 4 rings (SSSR count). The molecule has 164 valence electrons. The van der Waals surface area contributed by atoms with Crippen molar-refractivity contribution in [2.24, 2.45) is 0 Å². The highest BCUT2D eigenvalue weighted by atomic mass is 35.5. The Morgan fingerprint density at radius 2 is 1.94 bits per heavy atom. The van der Waals surface area contributed by atoms with Crippen LogP contribution in [-0.2, 0) is 32.3 Å². The van der Waals surface area contributed by atoms with E-state index < -0.39 is 9.84 Å². The number of hydrogen-bond acceptors (Lipinski definition) is 4. The van der Waals surface area contributed by atoms with Crippen molar-refractivity contribution >= 4 is 38.3 Å². The van der Waals surface area contributed by atoms with Crippen molar-refractivity contribution in [2.45, 2.75) is 50.0 Å². The maximum absolute atomic E-state index is 12.3. The Morgan fingerprint density at radius 1 is 1.19 bits per heavy atom. The van der Waals surface area contributed by atoms with Gasteiger partial charge in [-0.2, -0.15) is 0 Å². The number of halogens is 1. The van der Waals surface area contributed by atoms with Gasteiger partial charge in [-0.3, -0.25) is 4.79 Å². The van der Waals surface area contributed by atoms with Gasteiger partial charge >= 0.3 is 5.97 Å². The molecule has 2 aromatic carbocycles. The molecule has 0 aliphatic heterocycles. The monoisotopic (exact) mass is 459 g/mol. The normalized spacial score (nSPS) is 16.3. The molecule has 1 unspecified atom stereocenters. The fourth-order valence-corrected chi connectivity index (χ4v) is 5.38. The lowest BCUT2D eigenvalue weighted by atomic mass is 9.84. The van der Waals surface area contributed by atoms with Crippen molar-refractivity contribution in [3.8, 4) is 0 Å². The highest BCUT2D eigenvalue weighted by Gasteiger charge is 2.30. The van der Waals surface area contributed by atoms with Gasteiger partial charge in [0.15, 0.2) is 9.84 Å². The fourth-order valence-electron chi connectivity index (χ4n) is 4.61. The number of aromatic nitrogens is 1. The number of carbonyl (C=O) groups is 1. The summed E-state index contributed by atoms with van der Waals surface area (Å²) < 4.78 is 31.8. The Kier molecular flexibility index (Phi) is 6.13. The Balaban J connectivity index is 1.88. The molecule has 31 heavy (non-hydrogen) atoms. The molecule has 0 bridgehead atoms. The minimum atomic E-state index is -3.31. The standard InChI is InChI=1S/C24H26ClNO4S/c1-3-30-23(27)13-17-5-4-6-20-21-14-19(31(2,28)29)11-12-22(21)26(24(17)20)15-16-7-9-18(25)10-8-16/h7-12,14,17H,3-6,13,15H2,1-2H3.